The summed E-state index contributed by atoms with van der Waals surface area (Å²) in [5, 5.41) is 7.92. The second-order valence-corrected chi connectivity index (χ2v) is 9.02. The highest BCUT2D eigenvalue weighted by atomic mass is 16.5. The molecule has 1 aromatic carbocycles. The number of amides is 1. The van der Waals surface area contributed by atoms with Crippen molar-refractivity contribution in [1.29, 1.82) is 0 Å². The van der Waals surface area contributed by atoms with Crippen molar-refractivity contribution in [2.24, 2.45) is 0 Å². The van der Waals surface area contributed by atoms with Crippen molar-refractivity contribution in [3.05, 3.63) is 36.7 Å². The molecule has 5 rings (SSSR count). The Bertz CT molecular complexity index is 1200. The maximum Gasteiger partial charge on any atom is 0.252 e. The number of benzene rings is 1. The summed E-state index contributed by atoms with van der Waals surface area (Å²) in [6.45, 7) is 6.24. The fourth-order valence-electron chi connectivity index (χ4n) is 4.54. The predicted octanol–water partition coefficient (Wildman–Crippen LogP) is 2.62. The molecule has 2 atom stereocenters. The molecule has 2 aliphatic rings. The van der Waals surface area contributed by atoms with Crippen LogP contribution in [0.25, 0.3) is 16.8 Å². The van der Waals surface area contributed by atoms with E-state index in [1.165, 1.54) is 0 Å². The van der Waals surface area contributed by atoms with Gasteiger partial charge in [0.05, 0.1) is 31.6 Å². The number of anilines is 1. The van der Waals surface area contributed by atoms with Gasteiger partial charge in [0.15, 0.2) is 5.65 Å². The Kier molecular flexibility index (Phi) is 6.74. The van der Waals surface area contributed by atoms with E-state index in [2.05, 4.69) is 10.4 Å². The summed E-state index contributed by atoms with van der Waals surface area (Å²) >= 11 is 0. The number of carbonyl (C=O) groups excluding carboxylic acids is 1. The molecule has 1 amide bonds. The van der Waals surface area contributed by atoms with Crippen LogP contribution in [-0.2, 0) is 14.3 Å². The van der Waals surface area contributed by atoms with E-state index in [0.29, 0.717) is 50.9 Å². The Morgan fingerprint density at radius 3 is 2.97 bits per heavy atom. The molecule has 4 bridgehead atoms. The average Bonchev–Trinajstić information content (AvgIpc) is 3.38. The molecular weight excluding hydrogens is 450 g/mol. The minimum absolute atomic E-state index is 0.0253. The van der Waals surface area contributed by atoms with Crippen LogP contribution in [0.4, 0.5) is 5.69 Å². The van der Waals surface area contributed by atoms with Crippen LogP contribution >= 0.6 is 0 Å². The molecule has 0 unspecified atom stereocenters. The standard InChI is InChI=1S/C25H31N5O5/c1-16(2)35-20-11-17-10-18(12-20)26-5-7-29-19(13-22(25(29)31)33-9-8-32-3)15-34-23-4-6-30-24(28-23)21(17)14-27-30/h4,6,10-12,14,16,19,22,26H,5,7-9,13,15H2,1-3H3/t19-,22+/m0/s1. The first-order valence-electron chi connectivity index (χ1n) is 12.0. The maximum atomic E-state index is 13.1. The quantitative estimate of drug-likeness (QED) is 0.537. The first kappa shape index (κ1) is 23.4. The average molecular weight is 482 g/mol. The van der Waals surface area contributed by atoms with Gasteiger partial charge in [0.2, 0.25) is 5.88 Å². The molecular formula is C25H31N5O5. The number of hydrogen-bond donors (Lipinski definition) is 1. The SMILES string of the molecule is COCCO[C@@H]1C[C@H]2COc3ccn4ncc(c4n3)-c3cc(cc(OC(C)C)c3)NCCN2C1=O. The summed E-state index contributed by atoms with van der Waals surface area (Å²) < 4.78 is 24.7. The molecule has 1 saturated heterocycles. The lowest BCUT2D eigenvalue weighted by molar-refractivity contribution is -0.138. The number of carbonyl (C=O) groups is 1. The molecule has 10 heteroatoms. The monoisotopic (exact) mass is 481 g/mol. The zero-order valence-corrected chi connectivity index (χ0v) is 20.3. The van der Waals surface area contributed by atoms with E-state index >= 15 is 0 Å². The van der Waals surface area contributed by atoms with E-state index in [4.69, 9.17) is 23.9 Å². The zero-order valence-electron chi connectivity index (χ0n) is 20.3. The molecule has 186 valence electrons. The fraction of sp³-hybridized carbons (Fsp3) is 0.480. The van der Waals surface area contributed by atoms with Gasteiger partial charge < -0.3 is 29.2 Å². The number of hydrogen-bond acceptors (Lipinski definition) is 8. The van der Waals surface area contributed by atoms with E-state index in [1.54, 1.807) is 23.9 Å². The van der Waals surface area contributed by atoms with Crippen LogP contribution < -0.4 is 14.8 Å². The first-order chi connectivity index (χ1) is 17.0. The van der Waals surface area contributed by atoms with Crippen LogP contribution in [0.5, 0.6) is 11.6 Å². The van der Waals surface area contributed by atoms with Crippen LogP contribution in [0.1, 0.15) is 20.3 Å². The lowest BCUT2D eigenvalue weighted by atomic mass is 10.1. The van der Waals surface area contributed by atoms with Crippen molar-refractivity contribution in [3.63, 3.8) is 0 Å². The third-order valence-corrected chi connectivity index (χ3v) is 6.13. The normalized spacial score (nSPS) is 20.0. The third kappa shape index (κ3) is 5.03. The van der Waals surface area contributed by atoms with Crippen LogP contribution in [0.15, 0.2) is 36.7 Å². The number of aromatic nitrogens is 3. The first-order valence-corrected chi connectivity index (χ1v) is 12.0. The summed E-state index contributed by atoms with van der Waals surface area (Å²) in [5.41, 5.74) is 3.41. The topological polar surface area (TPSA) is 99.4 Å². The Hall–Kier alpha value is -3.37. The highest BCUT2D eigenvalue weighted by molar-refractivity contribution is 5.84. The highest BCUT2D eigenvalue weighted by Gasteiger charge is 2.40. The number of rotatable bonds is 6. The van der Waals surface area contributed by atoms with E-state index < -0.39 is 6.10 Å². The van der Waals surface area contributed by atoms with Crippen LogP contribution in [0.3, 0.4) is 0 Å². The molecule has 3 aromatic rings. The second-order valence-electron chi connectivity index (χ2n) is 9.02. The summed E-state index contributed by atoms with van der Waals surface area (Å²) in [7, 11) is 1.61. The van der Waals surface area contributed by atoms with Crippen molar-refractivity contribution in [2.75, 3.05) is 45.3 Å². The Labute approximate surface area is 204 Å². The number of methoxy groups -OCH3 is 1. The molecule has 10 nitrogen and oxygen atoms in total. The van der Waals surface area contributed by atoms with Crippen LogP contribution in [-0.4, -0.2) is 83.7 Å². The highest BCUT2D eigenvalue weighted by Crippen LogP contribution is 2.32. The second kappa shape index (κ2) is 10.1. The van der Waals surface area contributed by atoms with Gasteiger partial charge in [0, 0.05) is 56.2 Å². The fourth-order valence-corrected chi connectivity index (χ4v) is 4.54. The molecule has 0 saturated carbocycles. The van der Waals surface area contributed by atoms with Gasteiger partial charge >= 0.3 is 0 Å². The van der Waals surface area contributed by atoms with E-state index in [0.717, 1.165) is 22.6 Å². The molecule has 35 heavy (non-hydrogen) atoms. The van der Waals surface area contributed by atoms with Gasteiger partial charge in [-0.2, -0.15) is 10.1 Å². The van der Waals surface area contributed by atoms with Gasteiger partial charge in [0.1, 0.15) is 18.5 Å². The van der Waals surface area contributed by atoms with E-state index in [9.17, 15) is 4.79 Å². The summed E-state index contributed by atoms with van der Waals surface area (Å²) in [4.78, 5) is 19.7. The Morgan fingerprint density at radius 2 is 2.14 bits per heavy atom. The Morgan fingerprint density at radius 1 is 1.26 bits per heavy atom. The molecule has 2 aliphatic heterocycles. The van der Waals surface area contributed by atoms with Crippen molar-refractivity contribution >= 4 is 17.2 Å². The number of nitrogens with one attached hydrogen (secondary N) is 1. The summed E-state index contributed by atoms with van der Waals surface area (Å²) in [6, 6.07) is 7.68. The smallest absolute Gasteiger partial charge is 0.252 e. The largest absolute Gasteiger partial charge is 0.491 e. The Balaban J connectivity index is 1.49. The van der Waals surface area contributed by atoms with Gasteiger partial charge in [-0.3, -0.25) is 4.79 Å². The zero-order chi connectivity index (χ0) is 24.4. The van der Waals surface area contributed by atoms with Crippen LogP contribution in [0.2, 0.25) is 0 Å². The number of ether oxygens (including phenoxy) is 4. The molecule has 0 radical (unpaired) electrons. The minimum Gasteiger partial charge on any atom is -0.491 e. The molecule has 4 heterocycles. The lowest BCUT2D eigenvalue weighted by Crippen LogP contribution is -2.41. The van der Waals surface area contributed by atoms with Crippen molar-refractivity contribution in [3.8, 4) is 22.8 Å². The van der Waals surface area contributed by atoms with Gasteiger partial charge in [-0.25, -0.2) is 4.52 Å². The number of fused-ring (bicyclic) bond motifs is 5. The van der Waals surface area contributed by atoms with Crippen molar-refractivity contribution in [2.45, 2.75) is 38.5 Å². The third-order valence-electron chi connectivity index (χ3n) is 6.13. The van der Waals surface area contributed by atoms with Crippen LogP contribution in [0, 0.1) is 0 Å². The molecule has 1 fully saturated rings. The van der Waals surface area contributed by atoms with Crippen molar-refractivity contribution < 1.29 is 23.7 Å². The molecule has 2 aromatic heterocycles. The van der Waals surface area contributed by atoms with Crippen molar-refractivity contribution in [1.82, 2.24) is 19.5 Å². The van der Waals surface area contributed by atoms with Gasteiger partial charge in [-0.15, -0.1) is 0 Å². The maximum absolute atomic E-state index is 13.1. The van der Waals surface area contributed by atoms with Gasteiger partial charge in [-0.1, -0.05) is 0 Å². The predicted molar refractivity (Wildman–Crippen MR) is 130 cm³/mol. The summed E-state index contributed by atoms with van der Waals surface area (Å²) in [6.07, 6.45) is 3.72. The lowest BCUT2D eigenvalue weighted by Gasteiger charge is -2.25. The van der Waals surface area contributed by atoms with E-state index in [-0.39, 0.29) is 18.1 Å². The van der Waals surface area contributed by atoms with E-state index in [1.807, 2.05) is 43.1 Å². The molecule has 1 N–H and O–H groups in total. The molecule has 0 spiro atoms. The number of nitrogens with zero attached hydrogens (tertiary/aromatic N) is 4. The minimum atomic E-state index is -0.499. The summed E-state index contributed by atoms with van der Waals surface area (Å²) in [5.74, 6) is 1.21. The van der Waals surface area contributed by atoms with Gasteiger partial charge in [-0.05, 0) is 31.5 Å². The van der Waals surface area contributed by atoms with Gasteiger partial charge in [0.25, 0.3) is 5.91 Å². The molecule has 0 aliphatic carbocycles.